The van der Waals surface area contributed by atoms with Crippen molar-refractivity contribution >= 4 is 0 Å². The van der Waals surface area contributed by atoms with E-state index in [0.29, 0.717) is 144 Å². The summed E-state index contributed by atoms with van der Waals surface area (Å²) in [4.78, 5) is 0. The van der Waals surface area contributed by atoms with Crippen LogP contribution in [0, 0.1) is 0 Å². The Hall–Kier alpha value is -1.50. The summed E-state index contributed by atoms with van der Waals surface area (Å²) in [7, 11) is 0. The van der Waals surface area contributed by atoms with Gasteiger partial charge >= 0.3 is 0 Å². The molecule has 14 nitrogen and oxygen atoms in total. The Morgan fingerprint density at radius 3 is 0.955 bits per heavy atom. The van der Waals surface area contributed by atoms with Gasteiger partial charge in [0.25, 0.3) is 0 Å². The summed E-state index contributed by atoms with van der Waals surface area (Å²) >= 11 is 0. The molecule has 1 unspecified atom stereocenters. The summed E-state index contributed by atoms with van der Waals surface area (Å²) < 4.78 is 64.6. The highest BCUT2D eigenvalue weighted by atomic mass is 16.6. The lowest BCUT2D eigenvalue weighted by atomic mass is 10.3. The molecule has 0 aliphatic rings. The molecule has 0 aliphatic heterocycles. The van der Waals surface area contributed by atoms with Gasteiger partial charge in [-0.1, -0.05) is 18.2 Å². The maximum absolute atomic E-state index is 9.77. The minimum atomic E-state index is -1.02. The molecule has 0 saturated carbocycles. The van der Waals surface area contributed by atoms with Gasteiger partial charge in [0.05, 0.1) is 145 Å². The topological polar surface area (TPSA) is 151 Å². The highest BCUT2D eigenvalue weighted by Crippen LogP contribution is 2.09. The molecule has 0 saturated heterocycles. The molecule has 44 heavy (non-hydrogen) atoms. The third-order valence-corrected chi connectivity index (χ3v) is 5.23. The molecule has 0 amide bonds. The smallest absolute Gasteiger partial charge is 0.221 e. The van der Waals surface area contributed by atoms with Crippen molar-refractivity contribution in [3.8, 4) is 5.75 Å². The zero-order chi connectivity index (χ0) is 31.4. The fourth-order valence-electron chi connectivity index (χ4n) is 3.14. The molecule has 258 valence electrons. The molecule has 1 aromatic carbocycles. The van der Waals surface area contributed by atoms with E-state index in [1.165, 1.54) is 0 Å². The number of para-hydroxylation sites is 1. The van der Waals surface area contributed by atoms with Gasteiger partial charge in [-0.05, 0) is 12.1 Å². The van der Waals surface area contributed by atoms with Crippen LogP contribution in [0.3, 0.4) is 0 Å². The van der Waals surface area contributed by atoms with Gasteiger partial charge in [0.15, 0.2) is 0 Å². The molecule has 0 fully saturated rings. The van der Waals surface area contributed by atoms with E-state index in [1.54, 1.807) is 12.1 Å². The monoisotopic (exact) mass is 638 g/mol. The minimum Gasteiger partial charge on any atom is -0.463 e. The minimum absolute atomic E-state index is 0.0221. The second kappa shape index (κ2) is 34.4. The van der Waals surface area contributed by atoms with E-state index >= 15 is 0 Å². The van der Waals surface area contributed by atoms with E-state index in [1.807, 2.05) is 18.2 Å². The molecule has 0 bridgehead atoms. The Morgan fingerprint density at radius 2 is 0.659 bits per heavy atom. The van der Waals surface area contributed by atoms with Crippen LogP contribution in [0.2, 0.25) is 0 Å². The normalized spacial score (nSPS) is 12.1. The van der Waals surface area contributed by atoms with Crippen molar-refractivity contribution in [3.63, 3.8) is 0 Å². The van der Waals surface area contributed by atoms with Crippen molar-refractivity contribution < 1.29 is 67.1 Å². The van der Waals surface area contributed by atoms with Crippen LogP contribution in [-0.2, 0) is 52.1 Å². The van der Waals surface area contributed by atoms with Gasteiger partial charge in [-0.15, -0.1) is 0 Å². The zero-order valence-corrected chi connectivity index (χ0v) is 26.0. The zero-order valence-electron chi connectivity index (χ0n) is 26.0. The van der Waals surface area contributed by atoms with Crippen LogP contribution in [0.4, 0.5) is 0 Å². The van der Waals surface area contributed by atoms with Crippen molar-refractivity contribution in [2.45, 2.75) is 6.29 Å². The molecule has 0 radical (unpaired) electrons. The van der Waals surface area contributed by atoms with Crippen LogP contribution >= 0.6 is 0 Å². The Kier molecular flexibility index (Phi) is 31.7. The fourth-order valence-corrected chi connectivity index (χ4v) is 3.14. The molecule has 14 heteroatoms. The molecule has 0 aromatic heterocycles. The Labute approximate surface area is 261 Å². The number of hydrogen-bond acceptors (Lipinski definition) is 14. The van der Waals surface area contributed by atoms with E-state index in [-0.39, 0.29) is 13.2 Å². The van der Waals surface area contributed by atoms with Crippen molar-refractivity contribution in [2.75, 3.05) is 152 Å². The molecule has 0 spiro atoms. The van der Waals surface area contributed by atoms with E-state index in [0.717, 1.165) is 0 Å². The molecular formula is C30H54O14. The van der Waals surface area contributed by atoms with Gasteiger partial charge in [0, 0.05) is 0 Å². The summed E-state index contributed by atoms with van der Waals surface area (Å²) in [5, 5.41) is 18.3. The maximum atomic E-state index is 9.77. The van der Waals surface area contributed by atoms with Crippen LogP contribution in [0.5, 0.6) is 5.75 Å². The largest absolute Gasteiger partial charge is 0.463 e. The first kappa shape index (κ1) is 40.5. The first-order valence-electron chi connectivity index (χ1n) is 15.2. The highest BCUT2D eigenvalue weighted by molar-refractivity contribution is 5.20. The summed E-state index contributed by atoms with van der Waals surface area (Å²) in [6.07, 6.45) is -1.02. The summed E-state index contributed by atoms with van der Waals surface area (Å²) in [5.41, 5.74) is 0. The fraction of sp³-hybridized carbons (Fsp3) is 0.800. The van der Waals surface area contributed by atoms with E-state index < -0.39 is 6.29 Å². The second-order valence-corrected chi connectivity index (χ2v) is 8.81. The van der Waals surface area contributed by atoms with Gasteiger partial charge in [0.2, 0.25) is 6.29 Å². The SMILES string of the molecule is OCCOCCOCCOCCOCCOCCOCCOCCOCCOCCOCCOCC(O)Oc1ccccc1. The Bertz CT molecular complexity index is 672. The third kappa shape index (κ3) is 30.5. The van der Waals surface area contributed by atoms with E-state index in [4.69, 9.17) is 61.9 Å². The van der Waals surface area contributed by atoms with Crippen molar-refractivity contribution in [1.82, 2.24) is 0 Å². The average molecular weight is 639 g/mol. The van der Waals surface area contributed by atoms with Gasteiger partial charge in [-0.25, -0.2) is 0 Å². The van der Waals surface area contributed by atoms with Crippen molar-refractivity contribution in [3.05, 3.63) is 30.3 Å². The molecule has 1 rings (SSSR count). The number of benzene rings is 1. The molecule has 0 heterocycles. The predicted octanol–water partition coefficient (Wildman–Crippen LogP) is 0.559. The number of aliphatic hydroxyl groups is 2. The average Bonchev–Trinajstić information content (AvgIpc) is 3.03. The molecule has 1 atom stereocenters. The van der Waals surface area contributed by atoms with Gasteiger partial charge in [0.1, 0.15) is 12.4 Å². The van der Waals surface area contributed by atoms with Gasteiger partial charge in [-0.2, -0.15) is 0 Å². The maximum Gasteiger partial charge on any atom is 0.221 e. The summed E-state index contributed by atoms with van der Waals surface area (Å²) in [6, 6.07) is 9.08. The number of aliphatic hydroxyl groups excluding tert-OH is 2. The lowest BCUT2D eigenvalue weighted by molar-refractivity contribution is -0.0860. The standard InChI is InChI=1S/C30H54O14/c31-6-7-33-8-9-34-10-11-35-12-13-36-14-15-37-16-17-38-18-19-39-20-21-40-22-23-41-24-25-42-26-27-43-28-30(32)44-29-4-2-1-3-5-29/h1-5,30-32H,6-28H2. The van der Waals surface area contributed by atoms with Crippen LogP contribution in [0.25, 0.3) is 0 Å². The first-order valence-corrected chi connectivity index (χ1v) is 15.2. The first-order chi connectivity index (χ1) is 21.8. The van der Waals surface area contributed by atoms with Crippen LogP contribution in [-0.4, -0.2) is 168 Å². The Balaban J connectivity index is 1.64. The molecule has 0 aliphatic carbocycles. The van der Waals surface area contributed by atoms with Crippen molar-refractivity contribution in [1.29, 1.82) is 0 Å². The molecule has 1 aromatic rings. The third-order valence-electron chi connectivity index (χ3n) is 5.23. The van der Waals surface area contributed by atoms with Crippen LogP contribution in [0.1, 0.15) is 0 Å². The van der Waals surface area contributed by atoms with Gasteiger partial charge in [-0.3, -0.25) is 0 Å². The molecular weight excluding hydrogens is 584 g/mol. The van der Waals surface area contributed by atoms with Crippen molar-refractivity contribution in [2.24, 2.45) is 0 Å². The van der Waals surface area contributed by atoms with Crippen LogP contribution < -0.4 is 4.74 Å². The lowest BCUT2D eigenvalue weighted by Crippen LogP contribution is -2.23. The van der Waals surface area contributed by atoms with E-state index in [2.05, 4.69) is 0 Å². The predicted molar refractivity (Wildman–Crippen MR) is 159 cm³/mol. The number of ether oxygens (including phenoxy) is 12. The quantitative estimate of drug-likeness (QED) is 0.0778. The summed E-state index contributed by atoms with van der Waals surface area (Å²) in [5.74, 6) is 0.590. The second-order valence-electron chi connectivity index (χ2n) is 8.81. The highest BCUT2D eigenvalue weighted by Gasteiger charge is 2.05. The lowest BCUT2D eigenvalue weighted by Gasteiger charge is -2.13. The summed E-state index contributed by atoms with van der Waals surface area (Å²) in [6.45, 7) is 9.95. The number of rotatable bonds is 36. The molecule has 2 N–H and O–H groups in total. The Morgan fingerprint density at radius 1 is 0.386 bits per heavy atom. The number of hydrogen-bond donors (Lipinski definition) is 2. The van der Waals surface area contributed by atoms with E-state index in [9.17, 15) is 5.11 Å². The van der Waals surface area contributed by atoms with Crippen LogP contribution in [0.15, 0.2) is 30.3 Å². The van der Waals surface area contributed by atoms with Gasteiger partial charge < -0.3 is 67.1 Å².